The lowest BCUT2D eigenvalue weighted by molar-refractivity contribution is -0.139. The normalized spacial score (nSPS) is 35.0. The highest BCUT2D eigenvalue weighted by atomic mass is 35.5. The number of fused-ring (bicyclic) bond motifs is 4. The molecule has 12 heteroatoms. The molecule has 0 bridgehead atoms. The van der Waals surface area contributed by atoms with E-state index in [1.165, 1.54) is 20.2 Å². The number of methoxy groups -OCH3 is 1. The zero-order valence-corrected chi connectivity index (χ0v) is 21.3. The van der Waals surface area contributed by atoms with E-state index in [-0.39, 0.29) is 24.3 Å². The second-order valence-electron chi connectivity index (χ2n) is 9.68. The van der Waals surface area contributed by atoms with Crippen molar-refractivity contribution in [1.29, 1.82) is 0 Å². The highest BCUT2D eigenvalue weighted by Gasteiger charge is 2.75. The van der Waals surface area contributed by atoms with Gasteiger partial charge in [0.1, 0.15) is 0 Å². The van der Waals surface area contributed by atoms with Crippen molar-refractivity contribution in [2.75, 3.05) is 14.2 Å². The molecule has 6 amide bonds. The van der Waals surface area contributed by atoms with Gasteiger partial charge < -0.3 is 15.6 Å². The second kappa shape index (κ2) is 8.32. The second-order valence-corrected chi connectivity index (χ2v) is 10.9. The minimum atomic E-state index is -1.91. The van der Waals surface area contributed by atoms with Gasteiger partial charge in [-0.1, -0.05) is 29.9 Å². The Bertz CT molecular complexity index is 1340. The number of carbonyl (C=O) groups is 5. The largest absolute Gasteiger partial charge is 0.504 e. The van der Waals surface area contributed by atoms with Crippen LogP contribution in [0.2, 0.25) is 0 Å². The molecule has 0 aromatic heterocycles. The van der Waals surface area contributed by atoms with Crippen LogP contribution in [0.3, 0.4) is 0 Å². The molecule has 3 N–H and O–H groups in total. The molecular formula is C25H23Cl2N3O7. The number of likely N-dealkylation sites (tertiary alicyclic amines) is 2. The summed E-state index contributed by atoms with van der Waals surface area (Å²) in [4.78, 5) is 62.1. The molecule has 0 unspecified atom stereocenters. The van der Waals surface area contributed by atoms with E-state index in [1.54, 1.807) is 30.4 Å². The van der Waals surface area contributed by atoms with E-state index in [4.69, 9.17) is 33.7 Å². The molecule has 3 fully saturated rings. The zero-order valence-electron chi connectivity index (χ0n) is 19.8. The van der Waals surface area contributed by atoms with Crippen LogP contribution in [0.1, 0.15) is 18.4 Å². The topological polar surface area (TPSA) is 147 Å². The highest BCUT2D eigenvalue weighted by Crippen LogP contribution is 2.62. The van der Waals surface area contributed by atoms with Crippen LogP contribution < -0.4 is 10.5 Å². The van der Waals surface area contributed by atoms with Gasteiger partial charge in [-0.2, -0.15) is 4.90 Å². The maximum Gasteiger partial charge on any atom is 0.328 e. The average Bonchev–Trinajstić information content (AvgIpc) is 3.19. The van der Waals surface area contributed by atoms with Gasteiger partial charge in [-0.25, -0.2) is 4.79 Å². The molecule has 0 spiro atoms. The van der Waals surface area contributed by atoms with E-state index in [2.05, 4.69) is 0 Å². The van der Waals surface area contributed by atoms with Crippen molar-refractivity contribution in [3.8, 4) is 11.5 Å². The summed E-state index contributed by atoms with van der Waals surface area (Å²) >= 11 is 14.0. The van der Waals surface area contributed by atoms with Gasteiger partial charge in [-0.15, -0.1) is 23.2 Å². The van der Waals surface area contributed by atoms with Crippen LogP contribution in [0.5, 0.6) is 11.5 Å². The van der Waals surface area contributed by atoms with Gasteiger partial charge in [0.05, 0.1) is 18.9 Å². The number of phenols is 1. The maximum absolute atomic E-state index is 13.4. The Morgan fingerprint density at radius 3 is 2.51 bits per heavy atom. The Morgan fingerprint density at radius 1 is 1.16 bits per heavy atom. The first-order valence-corrected chi connectivity index (χ1v) is 12.3. The first-order chi connectivity index (χ1) is 17.4. The third kappa shape index (κ3) is 3.21. The molecule has 5 rings (SSSR count). The van der Waals surface area contributed by atoms with E-state index in [0.29, 0.717) is 16.0 Å². The van der Waals surface area contributed by atoms with Crippen LogP contribution >= 0.6 is 23.2 Å². The Kier molecular flexibility index (Phi) is 5.69. The van der Waals surface area contributed by atoms with Crippen LogP contribution in [0.15, 0.2) is 35.9 Å². The lowest BCUT2D eigenvalue weighted by atomic mass is 9.57. The van der Waals surface area contributed by atoms with Gasteiger partial charge in [-0.3, -0.25) is 24.1 Å². The fraction of sp³-hybridized carbons (Fsp3) is 0.400. The molecule has 2 aliphatic carbocycles. The van der Waals surface area contributed by atoms with E-state index < -0.39 is 63.1 Å². The predicted molar refractivity (Wildman–Crippen MR) is 131 cm³/mol. The molecule has 37 heavy (non-hydrogen) atoms. The van der Waals surface area contributed by atoms with Crippen LogP contribution in [0, 0.1) is 23.7 Å². The van der Waals surface area contributed by atoms with E-state index in [9.17, 15) is 29.1 Å². The molecule has 1 aromatic carbocycles. The summed E-state index contributed by atoms with van der Waals surface area (Å²) < 4.78 is 5.15. The summed E-state index contributed by atoms with van der Waals surface area (Å²) in [5.74, 6) is -6.16. The van der Waals surface area contributed by atoms with Gasteiger partial charge in [0.15, 0.2) is 21.2 Å². The lowest BCUT2D eigenvalue weighted by Gasteiger charge is -2.49. The van der Waals surface area contributed by atoms with Crippen LogP contribution in [0.4, 0.5) is 4.79 Å². The first-order valence-electron chi connectivity index (χ1n) is 11.5. The van der Waals surface area contributed by atoms with Crippen LogP contribution in [-0.4, -0.2) is 68.5 Å². The molecule has 4 aliphatic rings. The Labute approximate surface area is 221 Å². The number of carbonyl (C=O) groups excluding carboxylic acids is 5. The summed E-state index contributed by atoms with van der Waals surface area (Å²) in [7, 11) is 2.70. The van der Waals surface area contributed by atoms with Crippen molar-refractivity contribution < 1.29 is 33.8 Å². The molecule has 1 saturated carbocycles. The van der Waals surface area contributed by atoms with Crippen LogP contribution in [-0.2, 0) is 19.2 Å². The lowest BCUT2D eigenvalue weighted by Crippen LogP contribution is -2.60. The SMILES string of the molecule is COc1cc(C=C[C@H]2C3=CC[C@@H]4C(=O)N(C(N)=O)C(=O)[C@@H]4[C@@H]3C[C@@]3(Cl)C(=O)N(C)C(=O)[C@@]23Cl)ccc1O. The fourth-order valence-electron chi connectivity index (χ4n) is 6.21. The van der Waals surface area contributed by atoms with E-state index >= 15 is 0 Å². The molecule has 2 aliphatic heterocycles. The number of amides is 6. The number of benzene rings is 1. The Morgan fingerprint density at radius 2 is 1.86 bits per heavy atom. The van der Waals surface area contributed by atoms with Crippen molar-refractivity contribution in [2.45, 2.75) is 22.6 Å². The van der Waals surface area contributed by atoms with Crippen molar-refractivity contribution in [2.24, 2.45) is 29.4 Å². The number of allylic oxidation sites excluding steroid dienone is 3. The van der Waals surface area contributed by atoms with Gasteiger partial charge in [0, 0.05) is 13.0 Å². The standard InChI is InChI=1S/C25H23Cl2N3O7/c1-29-21(34)24(26)10-14-12(5-6-13-18(14)20(33)30(19(13)32)23(28)36)15(25(24,27)22(29)35)7-3-11-4-8-16(31)17(9-11)37-2/h3-5,7-9,13-15,18,31H,6,10H2,1-2H3,(H2,28,36)/t13-,14+,15-,18-,24+,25-/m0/s1. The number of nitrogens with zero attached hydrogens (tertiary/aromatic N) is 2. The quantitative estimate of drug-likeness (QED) is 0.334. The number of rotatable bonds is 3. The number of hydrogen-bond donors (Lipinski definition) is 2. The molecule has 6 atom stereocenters. The molecule has 2 heterocycles. The zero-order chi connectivity index (χ0) is 27.0. The smallest absolute Gasteiger partial charge is 0.328 e. The average molecular weight is 548 g/mol. The Hall–Kier alpha value is -3.37. The summed E-state index contributed by atoms with van der Waals surface area (Å²) in [6.07, 6.45) is 4.97. The molecule has 0 radical (unpaired) electrons. The summed E-state index contributed by atoms with van der Waals surface area (Å²) in [6, 6.07) is 3.46. The fourth-order valence-corrected chi connectivity index (χ4v) is 7.19. The number of urea groups is 1. The van der Waals surface area contributed by atoms with Gasteiger partial charge in [-0.05, 0) is 36.5 Å². The predicted octanol–water partition coefficient (Wildman–Crippen LogP) is 2.01. The number of alkyl halides is 2. The summed E-state index contributed by atoms with van der Waals surface area (Å²) in [5.41, 5.74) is 6.48. The number of hydrogen-bond acceptors (Lipinski definition) is 7. The van der Waals surface area contributed by atoms with Gasteiger partial charge in [0.25, 0.3) is 11.8 Å². The number of aromatic hydroxyl groups is 1. The third-order valence-electron chi connectivity index (χ3n) is 7.98. The summed E-state index contributed by atoms with van der Waals surface area (Å²) in [5, 5.41) is 9.91. The van der Waals surface area contributed by atoms with Crippen molar-refractivity contribution >= 4 is 58.9 Å². The maximum atomic E-state index is 13.4. The number of nitrogens with two attached hydrogens (primary N) is 1. The number of imide groups is 4. The molecule has 194 valence electrons. The van der Waals surface area contributed by atoms with Crippen molar-refractivity contribution in [1.82, 2.24) is 9.80 Å². The Balaban J connectivity index is 1.65. The molecule has 2 saturated heterocycles. The molecule has 10 nitrogen and oxygen atoms in total. The minimum Gasteiger partial charge on any atom is -0.504 e. The van der Waals surface area contributed by atoms with E-state index in [1.807, 2.05) is 0 Å². The third-order valence-corrected chi connectivity index (χ3v) is 9.41. The number of primary amides is 1. The molecular weight excluding hydrogens is 525 g/mol. The van der Waals surface area contributed by atoms with Crippen LogP contribution in [0.25, 0.3) is 6.08 Å². The van der Waals surface area contributed by atoms with Gasteiger partial charge >= 0.3 is 6.03 Å². The van der Waals surface area contributed by atoms with E-state index in [0.717, 1.165) is 4.90 Å². The van der Waals surface area contributed by atoms with Gasteiger partial charge in [0.2, 0.25) is 11.8 Å². The van der Waals surface area contributed by atoms with Crippen molar-refractivity contribution in [3.05, 3.63) is 41.5 Å². The monoisotopic (exact) mass is 547 g/mol. The number of halogens is 2. The number of phenolic OH excluding ortho intramolecular Hbond substituents is 1. The minimum absolute atomic E-state index is 0.0615. The van der Waals surface area contributed by atoms with Crippen molar-refractivity contribution in [3.63, 3.8) is 0 Å². The number of ether oxygens (including phenoxy) is 1. The first kappa shape index (κ1) is 25.3. The highest BCUT2D eigenvalue weighted by molar-refractivity contribution is 6.53. The summed E-state index contributed by atoms with van der Waals surface area (Å²) in [6.45, 7) is 0. The molecule has 1 aromatic rings.